The Morgan fingerprint density at radius 3 is 2.87 bits per heavy atom. The van der Waals surface area contributed by atoms with Crippen LogP contribution < -0.4 is 10.9 Å². The predicted molar refractivity (Wildman–Crippen MR) is 118 cm³/mol. The first-order valence-electron chi connectivity index (χ1n) is 10.2. The van der Waals surface area contributed by atoms with Crippen LogP contribution in [-0.4, -0.2) is 34.2 Å². The fourth-order valence-corrected chi connectivity index (χ4v) is 6.07. The highest BCUT2D eigenvalue weighted by Gasteiger charge is 2.41. The third kappa shape index (κ3) is 3.13. The van der Waals surface area contributed by atoms with Crippen molar-refractivity contribution < 1.29 is 14.2 Å². The van der Waals surface area contributed by atoms with Crippen LogP contribution in [0.3, 0.4) is 0 Å². The normalized spacial score (nSPS) is 23.8. The largest absolute Gasteiger partial charge is 0.386 e. The van der Waals surface area contributed by atoms with Crippen molar-refractivity contribution in [1.82, 2.24) is 14.8 Å². The van der Waals surface area contributed by atoms with Gasteiger partial charge in [-0.15, -0.1) is 0 Å². The van der Waals surface area contributed by atoms with E-state index in [2.05, 4.69) is 21.5 Å². The molecule has 0 bridgehead atoms. The number of pyridine rings is 1. The minimum Gasteiger partial charge on any atom is -0.386 e. The Balaban J connectivity index is 1.58. The van der Waals surface area contributed by atoms with Crippen LogP contribution in [-0.2, 0) is 0 Å². The Morgan fingerprint density at radius 1 is 1.39 bits per heavy atom. The predicted octanol–water partition coefficient (Wildman–Crippen LogP) is 3.88. The summed E-state index contributed by atoms with van der Waals surface area (Å²) in [6, 6.07) is 8.84. The van der Waals surface area contributed by atoms with Gasteiger partial charge in [-0.1, -0.05) is 0 Å². The number of aromatic amines is 1. The van der Waals surface area contributed by atoms with E-state index in [1.807, 2.05) is 0 Å². The molecule has 1 aromatic carbocycles. The molecular formula is C21H23N5O4S. The summed E-state index contributed by atoms with van der Waals surface area (Å²) in [6.07, 6.45) is 2.96. The third-order valence-electron chi connectivity index (χ3n) is 6.29. The second-order valence-electron chi connectivity index (χ2n) is 8.25. The average Bonchev–Trinajstić information content (AvgIpc) is 3.50. The van der Waals surface area contributed by atoms with Crippen LogP contribution in [0, 0.1) is 17.2 Å². The van der Waals surface area contributed by atoms with Gasteiger partial charge in [0.05, 0.1) is 34.2 Å². The second kappa shape index (κ2) is 7.10. The monoisotopic (exact) mass is 441 g/mol. The lowest BCUT2D eigenvalue weighted by molar-refractivity contribution is 0.177. The molecule has 3 aromatic rings. The number of fused-ring (bicyclic) bond motifs is 2. The lowest BCUT2D eigenvalue weighted by Crippen LogP contribution is -2.13. The van der Waals surface area contributed by atoms with Gasteiger partial charge in [-0.25, -0.2) is 0 Å². The summed E-state index contributed by atoms with van der Waals surface area (Å²) in [6.45, 7) is 1.61. The van der Waals surface area contributed by atoms with Crippen molar-refractivity contribution in [3.63, 3.8) is 0 Å². The molecule has 3 heterocycles. The van der Waals surface area contributed by atoms with Crippen molar-refractivity contribution in [3.8, 4) is 6.07 Å². The van der Waals surface area contributed by atoms with Crippen molar-refractivity contribution in [2.24, 2.45) is 5.92 Å². The van der Waals surface area contributed by atoms with Gasteiger partial charge in [0.1, 0.15) is 11.5 Å². The summed E-state index contributed by atoms with van der Waals surface area (Å²) in [5.41, 5.74) is 1.39. The Kier molecular flexibility index (Phi) is 4.60. The van der Waals surface area contributed by atoms with Gasteiger partial charge in [-0.2, -0.15) is 21.0 Å². The van der Waals surface area contributed by atoms with Gasteiger partial charge in [0.2, 0.25) is 0 Å². The number of aliphatic hydroxyl groups excluding tert-OH is 1. The number of hydrogen-bond acceptors (Lipinski definition) is 7. The minimum absolute atomic E-state index is 0.0967. The van der Waals surface area contributed by atoms with E-state index in [4.69, 9.17) is 0 Å². The van der Waals surface area contributed by atoms with Gasteiger partial charge >= 0.3 is 0 Å². The van der Waals surface area contributed by atoms with Crippen molar-refractivity contribution in [2.75, 3.05) is 5.32 Å². The number of anilines is 2. The fraction of sp³-hybridized carbons (Fsp3) is 0.381. The third-order valence-corrected chi connectivity index (χ3v) is 8.60. The highest BCUT2D eigenvalue weighted by atomic mass is 32.3. The highest BCUT2D eigenvalue weighted by Crippen LogP contribution is 2.63. The molecule has 10 heteroatoms. The topological polar surface area (TPSA) is 147 Å². The van der Waals surface area contributed by atoms with Crippen molar-refractivity contribution in [3.05, 3.63) is 46.4 Å². The summed E-state index contributed by atoms with van der Waals surface area (Å²) < 4.78 is 22.5. The van der Waals surface area contributed by atoms with Gasteiger partial charge in [0.15, 0.2) is 5.82 Å². The van der Waals surface area contributed by atoms with E-state index in [1.54, 1.807) is 42.1 Å². The van der Waals surface area contributed by atoms with Crippen LogP contribution >= 0.6 is 10.6 Å². The molecule has 1 saturated carbocycles. The van der Waals surface area contributed by atoms with Crippen LogP contribution in [0.15, 0.2) is 40.2 Å². The van der Waals surface area contributed by atoms with Gasteiger partial charge in [0.25, 0.3) is 5.56 Å². The summed E-state index contributed by atoms with van der Waals surface area (Å²) in [5.74, 6) is 0.726. The molecule has 0 unspecified atom stereocenters. The number of aliphatic hydroxyl groups is 1. The number of aromatic nitrogens is 3. The van der Waals surface area contributed by atoms with E-state index in [9.17, 15) is 24.3 Å². The molecule has 9 nitrogen and oxygen atoms in total. The quantitative estimate of drug-likeness (QED) is 0.404. The highest BCUT2D eigenvalue weighted by molar-refractivity contribution is 8.25. The van der Waals surface area contributed by atoms with E-state index >= 15 is 0 Å². The molecule has 0 spiro atoms. The number of benzene rings is 1. The SMILES string of the molecule is C[C@@H]1[C@@H](O)c2cc(Nc3nn([C@@H](CC#N)C4CC4)c4cc[nH]c(=O)c34)ccc2S1(O)O. The zero-order chi connectivity index (χ0) is 21.9. The maximum atomic E-state index is 12.6. The first kappa shape index (κ1) is 20.1. The van der Waals surface area contributed by atoms with Crippen LogP contribution in [0.4, 0.5) is 11.5 Å². The lowest BCUT2D eigenvalue weighted by atomic mass is 10.1. The smallest absolute Gasteiger partial charge is 0.261 e. The molecule has 1 aliphatic heterocycles. The Bertz CT molecular complexity index is 1270. The number of nitriles is 1. The Labute approximate surface area is 179 Å². The molecule has 3 atom stereocenters. The van der Waals surface area contributed by atoms with Gasteiger partial charge in [0, 0.05) is 17.4 Å². The van der Waals surface area contributed by atoms with E-state index < -0.39 is 21.9 Å². The lowest BCUT2D eigenvalue weighted by Gasteiger charge is -2.33. The standard InChI is InChI=1S/C21H23N5O4S/c1-11-19(27)14-10-13(4-5-17(14)31(11,29)30)24-20-18-16(7-9-23-21(18)28)26(25-20)15(6-8-22)12-2-3-12/h4-5,7,9-12,15,19,27,29-30H,2-3,6H2,1H3,(H,23,28)(H,24,25)/t11-,15+,19-/m1/s1. The number of hydrogen-bond donors (Lipinski definition) is 5. The van der Waals surface area contributed by atoms with Crippen molar-refractivity contribution >= 4 is 33.0 Å². The van der Waals surface area contributed by atoms with Crippen molar-refractivity contribution in [1.29, 1.82) is 5.26 Å². The fourth-order valence-electron chi connectivity index (χ4n) is 4.37. The Morgan fingerprint density at radius 2 is 2.16 bits per heavy atom. The van der Waals surface area contributed by atoms with Gasteiger partial charge in [-0.3, -0.25) is 18.6 Å². The van der Waals surface area contributed by atoms with E-state index in [-0.39, 0.29) is 11.6 Å². The summed E-state index contributed by atoms with van der Waals surface area (Å²) in [7, 11) is -3.06. The number of rotatable bonds is 5. The van der Waals surface area contributed by atoms with E-state index in [0.29, 0.717) is 45.2 Å². The molecule has 5 rings (SSSR count). The molecular weight excluding hydrogens is 418 g/mol. The van der Waals surface area contributed by atoms with Crippen molar-refractivity contribution in [2.45, 2.75) is 48.5 Å². The molecule has 0 saturated heterocycles. The first-order valence-corrected chi connectivity index (χ1v) is 11.8. The number of nitrogens with one attached hydrogen (secondary N) is 2. The van der Waals surface area contributed by atoms with E-state index in [1.165, 1.54) is 0 Å². The van der Waals surface area contributed by atoms with Crippen LogP contribution in [0.1, 0.15) is 43.9 Å². The van der Waals surface area contributed by atoms with E-state index in [0.717, 1.165) is 12.8 Å². The second-order valence-corrected chi connectivity index (χ2v) is 10.6. The zero-order valence-electron chi connectivity index (χ0n) is 16.8. The summed E-state index contributed by atoms with van der Waals surface area (Å²) >= 11 is 0. The average molecular weight is 442 g/mol. The summed E-state index contributed by atoms with van der Waals surface area (Å²) in [4.78, 5) is 15.6. The molecule has 2 aliphatic rings. The van der Waals surface area contributed by atoms with Gasteiger partial charge < -0.3 is 15.4 Å². The number of H-pyrrole nitrogens is 1. The summed E-state index contributed by atoms with van der Waals surface area (Å²) in [5, 5.41) is 27.3. The molecule has 0 amide bonds. The molecule has 1 aliphatic carbocycles. The molecule has 5 N–H and O–H groups in total. The zero-order valence-corrected chi connectivity index (χ0v) is 17.6. The Hall–Kier alpha value is -2.84. The maximum Gasteiger partial charge on any atom is 0.261 e. The number of nitrogens with zero attached hydrogens (tertiary/aromatic N) is 3. The molecule has 31 heavy (non-hydrogen) atoms. The van der Waals surface area contributed by atoms with Gasteiger partial charge in [-0.05, 0) is 49.9 Å². The molecule has 162 valence electrons. The van der Waals surface area contributed by atoms with Crippen LogP contribution in [0.5, 0.6) is 0 Å². The van der Waals surface area contributed by atoms with Crippen LogP contribution in [0.2, 0.25) is 0 Å². The maximum absolute atomic E-state index is 12.6. The molecule has 0 radical (unpaired) electrons. The minimum atomic E-state index is -3.06. The molecule has 2 aromatic heterocycles. The first-order chi connectivity index (χ1) is 14.8. The van der Waals surface area contributed by atoms with Crippen LogP contribution in [0.25, 0.3) is 10.9 Å². The molecule has 1 fully saturated rings.